The van der Waals surface area contributed by atoms with Gasteiger partial charge in [-0.3, -0.25) is 9.48 Å². The molecule has 1 amide bonds. The van der Waals surface area contributed by atoms with E-state index >= 15 is 0 Å². The zero-order valence-corrected chi connectivity index (χ0v) is 15.0. The Hall–Kier alpha value is -2.99. The quantitative estimate of drug-likeness (QED) is 0.750. The summed E-state index contributed by atoms with van der Waals surface area (Å²) in [5, 5.41) is 14.4. The van der Waals surface area contributed by atoms with E-state index in [9.17, 15) is 14.3 Å². The van der Waals surface area contributed by atoms with Gasteiger partial charge in [-0.2, -0.15) is 5.10 Å². The molecule has 27 heavy (non-hydrogen) atoms. The van der Waals surface area contributed by atoms with Crippen molar-refractivity contribution in [3.8, 4) is 11.1 Å². The van der Waals surface area contributed by atoms with Crippen molar-refractivity contribution in [2.45, 2.75) is 32.5 Å². The Morgan fingerprint density at radius 3 is 2.78 bits per heavy atom. The van der Waals surface area contributed by atoms with E-state index in [4.69, 9.17) is 0 Å². The number of nitrogens with zero attached hydrogens (tertiary/aromatic N) is 3. The SMILES string of the molecule is CCCn1cc(-c2ccc(CN3C(=O)C(O)c4ccccc43)c(F)c2)cn1. The van der Waals surface area contributed by atoms with Crippen molar-refractivity contribution in [3.05, 3.63) is 71.8 Å². The molecule has 0 saturated carbocycles. The normalized spacial score (nSPS) is 16.0. The van der Waals surface area contributed by atoms with Crippen LogP contribution in [0.2, 0.25) is 0 Å². The predicted molar refractivity (Wildman–Crippen MR) is 101 cm³/mol. The molecule has 138 valence electrons. The molecule has 2 heterocycles. The van der Waals surface area contributed by atoms with Crippen LogP contribution in [0.3, 0.4) is 0 Å². The molecule has 1 aliphatic heterocycles. The Kier molecular flexibility index (Phi) is 4.49. The number of carbonyl (C=O) groups excluding carboxylic acids is 1. The molecule has 1 atom stereocenters. The molecule has 0 bridgehead atoms. The molecule has 0 aliphatic carbocycles. The molecule has 2 aromatic carbocycles. The van der Waals surface area contributed by atoms with Gasteiger partial charge in [-0.05, 0) is 24.1 Å². The summed E-state index contributed by atoms with van der Waals surface area (Å²) < 4.78 is 16.6. The molecule has 4 rings (SSSR count). The number of benzene rings is 2. The van der Waals surface area contributed by atoms with Crippen LogP contribution in [0.5, 0.6) is 0 Å². The van der Waals surface area contributed by atoms with E-state index in [1.54, 1.807) is 36.5 Å². The van der Waals surface area contributed by atoms with Crippen molar-refractivity contribution in [2.75, 3.05) is 4.90 Å². The summed E-state index contributed by atoms with van der Waals surface area (Å²) in [6.45, 7) is 2.97. The van der Waals surface area contributed by atoms with Gasteiger partial charge in [0.15, 0.2) is 6.10 Å². The first-order valence-electron chi connectivity index (χ1n) is 8.98. The minimum atomic E-state index is -1.19. The maximum Gasteiger partial charge on any atom is 0.260 e. The molecular weight excluding hydrogens is 345 g/mol. The van der Waals surface area contributed by atoms with E-state index in [1.807, 2.05) is 16.9 Å². The average molecular weight is 365 g/mol. The number of halogens is 1. The third-order valence-corrected chi connectivity index (χ3v) is 4.82. The van der Waals surface area contributed by atoms with Crippen molar-refractivity contribution in [1.82, 2.24) is 9.78 Å². The van der Waals surface area contributed by atoms with Crippen LogP contribution < -0.4 is 4.90 Å². The van der Waals surface area contributed by atoms with Gasteiger partial charge in [-0.15, -0.1) is 0 Å². The van der Waals surface area contributed by atoms with Gasteiger partial charge in [0.25, 0.3) is 5.91 Å². The molecule has 0 radical (unpaired) electrons. The minimum Gasteiger partial charge on any atom is -0.378 e. The molecule has 6 heteroatoms. The molecule has 3 aromatic rings. The van der Waals surface area contributed by atoms with Gasteiger partial charge in [0, 0.05) is 29.4 Å². The second kappa shape index (κ2) is 6.96. The molecule has 1 unspecified atom stereocenters. The fourth-order valence-corrected chi connectivity index (χ4v) is 3.42. The second-order valence-corrected chi connectivity index (χ2v) is 6.68. The van der Waals surface area contributed by atoms with E-state index in [2.05, 4.69) is 12.0 Å². The van der Waals surface area contributed by atoms with Crippen LogP contribution in [0.15, 0.2) is 54.9 Å². The summed E-state index contributed by atoms with van der Waals surface area (Å²) >= 11 is 0. The Morgan fingerprint density at radius 1 is 1.19 bits per heavy atom. The van der Waals surface area contributed by atoms with Gasteiger partial charge < -0.3 is 10.0 Å². The maximum atomic E-state index is 14.7. The largest absolute Gasteiger partial charge is 0.378 e. The molecule has 0 saturated heterocycles. The number of aliphatic hydroxyl groups is 1. The number of fused-ring (bicyclic) bond motifs is 1. The molecule has 5 nitrogen and oxygen atoms in total. The fraction of sp³-hybridized carbons (Fsp3) is 0.238. The number of amides is 1. The van der Waals surface area contributed by atoms with E-state index in [0.717, 1.165) is 24.1 Å². The molecule has 0 fully saturated rings. The van der Waals surface area contributed by atoms with Gasteiger partial charge >= 0.3 is 0 Å². The van der Waals surface area contributed by atoms with Crippen molar-refractivity contribution in [2.24, 2.45) is 0 Å². The summed E-state index contributed by atoms with van der Waals surface area (Å²) in [7, 11) is 0. The Labute approximate surface area is 156 Å². The highest BCUT2D eigenvalue weighted by molar-refractivity contribution is 6.03. The van der Waals surface area contributed by atoms with Crippen molar-refractivity contribution in [1.29, 1.82) is 0 Å². The summed E-state index contributed by atoms with van der Waals surface area (Å²) in [6, 6.07) is 12.0. The van der Waals surface area contributed by atoms with Crippen molar-refractivity contribution >= 4 is 11.6 Å². The highest BCUT2D eigenvalue weighted by Gasteiger charge is 2.35. The van der Waals surface area contributed by atoms with Gasteiger partial charge in [0.05, 0.1) is 18.4 Å². The average Bonchev–Trinajstić information content (AvgIpc) is 3.23. The summed E-state index contributed by atoms with van der Waals surface area (Å²) in [6.07, 6.45) is 3.41. The zero-order valence-electron chi connectivity index (χ0n) is 15.0. The first kappa shape index (κ1) is 17.4. The van der Waals surface area contributed by atoms with Crippen LogP contribution in [0.25, 0.3) is 11.1 Å². The van der Waals surface area contributed by atoms with E-state index < -0.39 is 12.0 Å². The van der Waals surface area contributed by atoms with Crippen molar-refractivity contribution in [3.63, 3.8) is 0 Å². The number of anilines is 1. The lowest BCUT2D eigenvalue weighted by Gasteiger charge is -2.18. The van der Waals surface area contributed by atoms with Gasteiger partial charge in [-0.1, -0.05) is 37.3 Å². The monoisotopic (exact) mass is 365 g/mol. The molecule has 1 aromatic heterocycles. The smallest absolute Gasteiger partial charge is 0.260 e. The van der Waals surface area contributed by atoms with Crippen molar-refractivity contribution < 1.29 is 14.3 Å². The lowest BCUT2D eigenvalue weighted by atomic mass is 10.1. The Balaban J connectivity index is 1.59. The summed E-state index contributed by atoms with van der Waals surface area (Å²) in [5.41, 5.74) is 3.18. The topological polar surface area (TPSA) is 58.4 Å². The van der Waals surface area contributed by atoms with E-state index in [-0.39, 0.29) is 12.4 Å². The number of hydrogen-bond acceptors (Lipinski definition) is 3. The first-order valence-corrected chi connectivity index (χ1v) is 8.98. The number of carbonyl (C=O) groups is 1. The molecule has 1 aliphatic rings. The standard InChI is InChI=1S/C21H20FN3O2/c1-2-9-24-12-16(11-23-24)14-7-8-15(18(22)10-14)13-25-19-6-4-3-5-17(19)20(26)21(25)27/h3-8,10-12,20,26H,2,9,13H2,1H3. The van der Waals surface area contributed by atoms with Gasteiger partial charge in [0.2, 0.25) is 0 Å². The van der Waals surface area contributed by atoms with Gasteiger partial charge in [0.1, 0.15) is 5.82 Å². The third kappa shape index (κ3) is 3.13. The van der Waals surface area contributed by atoms with Crippen LogP contribution in [-0.4, -0.2) is 20.8 Å². The lowest BCUT2D eigenvalue weighted by Crippen LogP contribution is -2.28. The highest BCUT2D eigenvalue weighted by Crippen LogP contribution is 2.36. The molecule has 0 spiro atoms. The highest BCUT2D eigenvalue weighted by atomic mass is 19.1. The number of rotatable bonds is 5. The van der Waals surface area contributed by atoms with Crippen LogP contribution in [0.4, 0.5) is 10.1 Å². The summed E-state index contributed by atoms with van der Waals surface area (Å²) in [5.74, 6) is -0.817. The Bertz CT molecular complexity index is 999. The van der Waals surface area contributed by atoms with Crippen LogP contribution in [0, 0.1) is 5.82 Å². The third-order valence-electron chi connectivity index (χ3n) is 4.82. The predicted octanol–water partition coefficient (Wildman–Crippen LogP) is 3.68. The Morgan fingerprint density at radius 2 is 2.00 bits per heavy atom. The summed E-state index contributed by atoms with van der Waals surface area (Å²) in [4.78, 5) is 13.8. The molecular formula is C21H20FN3O2. The maximum absolute atomic E-state index is 14.7. The zero-order chi connectivity index (χ0) is 19.0. The number of aryl methyl sites for hydroxylation is 1. The number of hydrogen-bond donors (Lipinski definition) is 1. The first-order chi connectivity index (χ1) is 13.1. The van der Waals surface area contributed by atoms with Gasteiger partial charge in [-0.25, -0.2) is 4.39 Å². The van der Waals surface area contributed by atoms with Crippen LogP contribution in [-0.2, 0) is 17.9 Å². The minimum absolute atomic E-state index is 0.0775. The van der Waals surface area contributed by atoms with Crippen LogP contribution in [0.1, 0.15) is 30.6 Å². The fourth-order valence-electron chi connectivity index (χ4n) is 3.42. The van der Waals surface area contributed by atoms with Crippen LogP contribution >= 0.6 is 0 Å². The lowest BCUT2D eigenvalue weighted by molar-refractivity contribution is -0.125. The molecule has 1 N–H and O–H groups in total. The number of aromatic nitrogens is 2. The number of para-hydroxylation sites is 1. The second-order valence-electron chi connectivity index (χ2n) is 6.68. The van der Waals surface area contributed by atoms with E-state index in [0.29, 0.717) is 16.8 Å². The van der Waals surface area contributed by atoms with E-state index in [1.165, 1.54) is 11.0 Å². The number of aliphatic hydroxyl groups excluding tert-OH is 1.